The minimum absolute atomic E-state index is 0.245. The van der Waals surface area contributed by atoms with Gasteiger partial charge in [0, 0.05) is 29.9 Å². The molecular weight excluding hydrogens is 406 g/mol. The first-order valence-corrected chi connectivity index (χ1v) is 10.0. The van der Waals surface area contributed by atoms with E-state index in [0.717, 1.165) is 16.8 Å². The number of nitrogens with two attached hydrogens (primary N) is 1. The number of nitrogens with one attached hydrogen (secondary N) is 2. The van der Waals surface area contributed by atoms with Gasteiger partial charge in [-0.1, -0.05) is 24.3 Å². The highest BCUT2D eigenvalue weighted by Gasteiger charge is 2.11. The largest absolute Gasteiger partial charge is 0.496 e. The van der Waals surface area contributed by atoms with E-state index in [1.807, 2.05) is 42.5 Å². The normalized spacial score (nSPS) is 10.6. The average molecular weight is 434 g/mol. The monoisotopic (exact) mass is 433 g/mol. The molecule has 0 saturated heterocycles. The number of rotatable bonds is 9. The summed E-state index contributed by atoms with van der Waals surface area (Å²) in [6.07, 6.45) is 3.22. The number of hydrogen-bond acceptors (Lipinski definition) is 6. The molecule has 166 valence electrons. The van der Waals surface area contributed by atoms with Crippen molar-refractivity contribution in [1.29, 1.82) is 0 Å². The number of carbonyl (C=O) groups excluding carboxylic acids is 1. The quantitative estimate of drug-likeness (QED) is 0.338. The topological polar surface area (TPSA) is 94.8 Å². The maximum atomic E-state index is 12.1. The fourth-order valence-corrected chi connectivity index (χ4v) is 3.10. The van der Waals surface area contributed by atoms with Crippen LogP contribution in [0, 0.1) is 0 Å². The highest BCUT2D eigenvalue weighted by Crippen LogP contribution is 2.35. The predicted octanol–water partition coefficient (Wildman–Crippen LogP) is 4.56. The molecule has 0 saturated carbocycles. The molecule has 3 aromatic carbocycles. The van der Waals surface area contributed by atoms with Crippen LogP contribution in [0.4, 0.5) is 17.1 Å². The third-order valence-corrected chi connectivity index (χ3v) is 4.83. The van der Waals surface area contributed by atoms with Crippen molar-refractivity contribution in [3.05, 3.63) is 77.9 Å². The number of para-hydroxylation sites is 2. The molecule has 0 unspecified atom stereocenters. The zero-order chi connectivity index (χ0) is 22.9. The van der Waals surface area contributed by atoms with Gasteiger partial charge >= 0.3 is 0 Å². The maximum absolute atomic E-state index is 12.1. The Bertz CT molecular complexity index is 1090. The van der Waals surface area contributed by atoms with E-state index in [1.54, 1.807) is 45.6 Å². The number of anilines is 3. The summed E-state index contributed by atoms with van der Waals surface area (Å²) in [6, 6.07) is 18.6. The van der Waals surface area contributed by atoms with E-state index in [-0.39, 0.29) is 5.91 Å². The van der Waals surface area contributed by atoms with E-state index >= 15 is 0 Å². The summed E-state index contributed by atoms with van der Waals surface area (Å²) >= 11 is 0. The molecule has 4 N–H and O–H groups in total. The van der Waals surface area contributed by atoms with Gasteiger partial charge in [-0.2, -0.15) is 0 Å². The molecule has 0 bridgehead atoms. The van der Waals surface area contributed by atoms with Gasteiger partial charge in [0.1, 0.15) is 5.75 Å². The third kappa shape index (κ3) is 5.72. The Balaban J connectivity index is 1.61. The third-order valence-electron chi connectivity index (χ3n) is 4.83. The smallest absolute Gasteiger partial charge is 0.248 e. The lowest BCUT2D eigenvalue weighted by molar-refractivity contribution is -0.111. The first kappa shape index (κ1) is 22.6. The van der Waals surface area contributed by atoms with Gasteiger partial charge in [-0.15, -0.1) is 0 Å². The second kappa shape index (κ2) is 10.8. The number of amides is 1. The van der Waals surface area contributed by atoms with Crippen LogP contribution in [0.5, 0.6) is 17.2 Å². The van der Waals surface area contributed by atoms with Gasteiger partial charge in [0.2, 0.25) is 5.91 Å². The van der Waals surface area contributed by atoms with Crippen LogP contribution in [0.2, 0.25) is 0 Å². The fourth-order valence-electron chi connectivity index (χ4n) is 3.10. The number of methoxy groups -OCH3 is 3. The SMILES string of the molecule is COc1cc(OC)c(OC)cc1CNc1ccc(C=CC(=O)Nc2ccccc2N)cc1. The van der Waals surface area contributed by atoms with E-state index in [0.29, 0.717) is 35.2 Å². The summed E-state index contributed by atoms with van der Waals surface area (Å²) in [5.41, 5.74) is 9.72. The van der Waals surface area contributed by atoms with E-state index in [2.05, 4.69) is 10.6 Å². The molecule has 3 rings (SSSR count). The Kier molecular flexibility index (Phi) is 7.59. The van der Waals surface area contributed by atoms with Crippen molar-refractivity contribution in [3.63, 3.8) is 0 Å². The Morgan fingerprint density at radius 2 is 1.56 bits per heavy atom. The second-order valence-corrected chi connectivity index (χ2v) is 6.90. The molecule has 0 aliphatic rings. The van der Waals surface area contributed by atoms with Gasteiger partial charge < -0.3 is 30.6 Å². The van der Waals surface area contributed by atoms with Crippen molar-refractivity contribution in [3.8, 4) is 17.2 Å². The molecule has 0 aliphatic heterocycles. The summed E-state index contributed by atoms with van der Waals surface area (Å²) in [6.45, 7) is 0.541. The average Bonchev–Trinajstić information content (AvgIpc) is 2.82. The van der Waals surface area contributed by atoms with Crippen LogP contribution < -0.4 is 30.6 Å². The van der Waals surface area contributed by atoms with Crippen molar-refractivity contribution >= 4 is 29.0 Å². The molecular formula is C25H27N3O4. The van der Waals surface area contributed by atoms with Crippen LogP contribution in [0.1, 0.15) is 11.1 Å². The molecule has 0 aromatic heterocycles. The molecule has 7 heteroatoms. The summed E-state index contributed by atoms with van der Waals surface area (Å²) in [5.74, 6) is 1.72. The molecule has 0 aliphatic carbocycles. The number of benzene rings is 3. The highest BCUT2D eigenvalue weighted by molar-refractivity contribution is 6.03. The predicted molar refractivity (Wildman–Crippen MR) is 128 cm³/mol. The zero-order valence-corrected chi connectivity index (χ0v) is 18.3. The summed E-state index contributed by atoms with van der Waals surface area (Å²) in [4.78, 5) is 12.1. The minimum Gasteiger partial charge on any atom is -0.496 e. The van der Waals surface area contributed by atoms with Crippen LogP contribution in [0.15, 0.2) is 66.7 Å². The molecule has 0 heterocycles. The Morgan fingerprint density at radius 1 is 0.906 bits per heavy atom. The molecule has 32 heavy (non-hydrogen) atoms. The zero-order valence-electron chi connectivity index (χ0n) is 18.3. The van der Waals surface area contributed by atoms with Crippen LogP contribution in [-0.2, 0) is 11.3 Å². The van der Waals surface area contributed by atoms with Gasteiger partial charge in [0.05, 0.1) is 32.7 Å². The van der Waals surface area contributed by atoms with Crippen molar-refractivity contribution < 1.29 is 19.0 Å². The lowest BCUT2D eigenvalue weighted by Crippen LogP contribution is -2.09. The lowest BCUT2D eigenvalue weighted by Gasteiger charge is -2.15. The summed E-state index contributed by atoms with van der Waals surface area (Å²) in [7, 11) is 4.81. The van der Waals surface area contributed by atoms with Gasteiger partial charge in [0.15, 0.2) is 11.5 Å². The maximum Gasteiger partial charge on any atom is 0.248 e. The summed E-state index contributed by atoms with van der Waals surface area (Å²) < 4.78 is 16.2. The first-order valence-electron chi connectivity index (χ1n) is 10.0. The van der Waals surface area contributed by atoms with Gasteiger partial charge in [-0.05, 0) is 42.0 Å². The first-order chi connectivity index (χ1) is 15.5. The molecule has 0 fully saturated rings. The number of carbonyl (C=O) groups is 1. The fraction of sp³-hybridized carbons (Fsp3) is 0.160. The molecule has 0 atom stereocenters. The van der Waals surface area contributed by atoms with E-state index in [1.165, 1.54) is 6.08 Å². The van der Waals surface area contributed by atoms with Crippen LogP contribution in [-0.4, -0.2) is 27.2 Å². The van der Waals surface area contributed by atoms with Crippen LogP contribution in [0.25, 0.3) is 6.08 Å². The van der Waals surface area contributed by atoms with E-state index < -0.39 is 0 Å². The second-order valence-electron chi connectivity index (χ2n) is 6.90. The van der Waals surface area contributed by atoms with Crippen LogP contribution >= 0.6 is 0 Å². The van der Waals surface area contributed by atoms with Gasteiger partial charge in [0.25, 0.3) is 0 Å². The van der Waals surface area contributed by atoms with Crippen molar-refractivity contribution in [2.24, 2.45) is 0 Å². The van der Waals surface area contributed by atoms with E-state index in [9.17, 15) is 4.79 Å². The molecule has 0 radical (unpaired) electrons. The van der Waals surface area contributed by atoms with Gasteiger partial charge in [-0.25, -0.2) is 0 Å². The Morgan fingerprint density at radius 3 is 2.22 bits per heavy atom. The Labute approximate surface area is 187 Å². The van der Waals surface area contributed by atoms with Crippen molar-refractivity contribution in [2.45, 2.75) is 6.54 Å². The number of hydrogen-bond donors (Lipinski definition) is 3. The Hall–Kier alpha value is -4.13. The van der Waals surface area contributed by atoms with E-state index in [4.69, 9.17) is 19.9 Å². The molecule has 3 aromatic rings. The molecule has 7 nitrogen and oxygen atoms in total. The van der Waals surface area contributed by atoms with Gasteiger partial charge in [-0.3, -0.25) is 4.79 Å². The molecule has 1 amide bonds. The number of ether oxygens (including phenoxy) is 3. The van der Waals surface area contributed by atoms with Crippen LogP contribution in [0.3, 0.4) is 0 Å². The van der Waals surface area contributed by atoms with Crippen molar-refractivity contribution in [2.75, 3.05) is 37.7 Å². The lowest BCUT2D eigenvalue weighted by atomic mass is 10.1. The highest BCUT2D eigenvalue weighted by atomic mass is 16.5. The minimum atomic E-state index is -0.245. The number of nitrogen functional groups attached to an aromatic ring is 1. The van der Waals surface area contributed by atoms with Crippen molar-refractivity contribution in [1.82, 2.24) is 0 Å². The summed E-state index contributed by atoms with van der Waals surface area (Å²) in [5, 5.41) is 6.13. The standard InChI is InChI=1S/C25H27N3O4/c1-30-22-15-24(32-3)23(31-2)14-18(22)16-27-19-11-8-17(9-12-19)10-13-25(29)28-21-7-5-4-6-20(21)26/h4-15,27H,16,26H2,1-3H3,(H,28,29). The molecule has 0 spiro atoms.